The van der Waals surface area contributed by atoms with Crippen LogP contribution in [0.5, 0.6) is 0 Å². The zero-order valence-electron chi connectivity index (χ0n) is 8.07. The van der Waals surface area contributed by atoms with Crippen LogP contribution in [0.4, 0.5) is 0 Å². The van der Waals surface area contributed by atoms with Gasteiger partial charge in [0.1, 0.15) is 0 Å². The molecular formula is C9H17N3S. The highest BCUT2D eigenvalue weighted by Crippen LogP contribution is 2.16. The molecule has 4 heteroatoms. The lowest BCUT2D eigenvalue weighted by Crippen LogP contribution is -1.98. The summed E-state index contributed by atoms with van der Waals surface area (Å²) < 4.78 is 2.05. The van der Waals surface area contributed by atoms with Crippen molar-refractivity contribution in [2.45, 2.75) is 24.4 Å². The fourth-order valence-electron chi connectivity index (χ4n) is 1.08. The zero-order chi connectivity index (χ0) is 9.52. The third-order valence-electron chi connectivity index (χ3n) is 1.86. The van der Waals surface area contributed by atoms with Crippen LogP contribution in [0.15, 0.2) is 17.6 Å². The van der Waals surface area contributed by atoms with Crippen LogP contribution in [0.2, 0.25) is 0 Å². The van der Waals surface area contributed by atoms with Gasteiger partial charge in [0.15, 0.2) is 5.16 Å². The van der Waals surface area contributed by atoms with E-state index in [-0.39, 0.29) is 0 Å². The molecule has 0 aliphatic carbocycles. The van der Waals surface area contributed by atoms with Crippen LogP contribution in [0.3, 0.4) is 0 Å². The fourth-order valence-corrected chi connectivity index (χ4v) is 2.01. The first-order chi connectivity index (χ1) is 6.34. The summed E-state index contributed by atoms with van der Waals surface area (Å²) >= 11 is 1.82. The monoisotopic (exact) mass is 199 g/mol. The number of hydrogen-bond acceptors (Lipinski definition) is 3. The second-order valence-corrected chi connectivity index (χ2v) is 4.08. The molecule has 74 valence electrons. The predicted molar refractivity (Wildman–Crippen MR) is 56.8 cm³/mol. The van der Waals surface area contributed by atoms with E-state index in [0.717, 1.165) is 23.9 Å². The van der Waals surface area contributed by atoms with Crippen molar-refractivity contribution in [1.29, 1.82) is 0 Å². The number of rotatable bonds is 6. The molecule has 0 aliphatic rings. The quantitative estimate of drug-likeness (QED) is 0.559. The zero-order valence-corrected chi connectivity index (χ0v) is 8.89. The third-order valence-corrected chi connectivity index (χ3v) is 3.00. The molecule has 1 aromatic heterocycles. The Hall–Kier alpha value is -0.480. The molecule has 0 aromatic carbocycles. The largest absolute Gasteiger partial charge is 0.330 e. The Labute approximate surface area is 83.7 Å². The standard InChI is InChI=1S/C9H17N3S/c1-12-7-6-11-9(12)13-8-4-2-3-5-10/h6-7H,2-5,8,10H2,1H3. The molecule has 0 radical (unpaired) electrons. The summed E-state index contributed by atoms with van der Waals surface area (Å²) in [6.07, 6.45) is 7.41. The van der Waals surface area contributed by atoms with Gasteiger partial charge in [-0.25, -0.2) is 4.98 Å². The van der Waals surface area contributed by atoms with E-state index in [1.54, 1.807) is 0 Å². The van der Waals surface area contributed by atoms with Crippen molar-refractivity contribution in [3.63, 3.8) is 0 Å². The van der Waals surface area contributed by atoms with Crippen LogP contribution >= 0.6 is 11.8 Å². The van der Waals surface area contributed by atoms with Gasteiger partial charge in [-0.2, -0.15) is 0 Å². The molecule has 0 unspecified atom stereocenters. The lowest BCUT2D eigenvalue weighted by molar-refractivity contribution is 0.729. The van der Waals surface area contributed by atoms with Gasteiger partial charge in [-0.15, -0.1) is 0 Å². The Bertz CT molecular complexity index is 235. The van der Waals surface area contributed by atoms with Gasteiger partial charge in [0.05, 0.1) is 0 Å². The van der Waals surface area contributed by atoms with Gasteiger partial charge in [0, 0.05) is 25.2 Å². The third kappa shape index (κ3) is 3.83. The van der Waals surface area contributed by atoms with Crippen molar-refractivity contribution in [3.05, 3.63) is 12.4 Å². The molecule has 0 bridgehead atoms. The first-order valence-electron chi connectivity index (χ1n) is 4.65. The number of thioether (sulfide) groups is 1. The predicted octanol–water partition coefficient (Wildman–Crippen LogP) is 1.64. The second-order valence-electron chi connectivity index (χ2n) is 3.02. The highest BCUT2D eigenvalue weighted by Gasteiger charge is 1.98. The van der Waals surface area contributed by atoms with E-state index in [1.165, 1.54) is 12.8 Å². The number of hydrogen-bond donors (Lipinski definition) is 1. The minimum Gasteiger partial charge on any atom is -0.330 e. The van der Waals surface area contributed by atoms with Crippen molar-refractivity contribution < 1.29 is 0 Å². The number of unbranched alkanes of at least 4 members (excludes halogenated alkanes) is 2. The molecule has 0 aliphatic heterocycles. The number of aromatic nitrogens is 2. The Morgan fingerprint density at radius 2 is 2.31 bits per heavy atom. The molecule has 1 heterocycles. The molecule has 0 saturated carbocycles. The molecule has 2 N–H and O–H groups in total. The Morgan fingerprint density at radius 3 is 2.92 bits per heavy atom. The maximum atomic E-state index is 5.41. The van der Waals surface area contributed by atoms with E-state index in [9.17, 15) is 0 Å². The van der Waals surface area contributed by atoms with Crippen LogP contribution in [-0.4, -0.2) is 21.8 Å². The molecule has 13 heavy (non-hydrogen) atoms. The van der Waals surface area contributed by atoms with Crippen molar-refractivity contribution in [3.8, 4) is 0 Å². The van der Waals surface area contributed by atoms with Gasteiger partial charge in [0.2, 0.25) is 0 Å². The van der Waals surface area contributed by atoms with Gasteiger partial charge in [-0.1, -0.05) is 18.2 Å². The van der Waals surface area contributed by atoms with Crippen LogP contribution in [0, 0.1) is 0 Å². The van der Waals surface area contributed by atoms with Crippen LogP contribution in [0.1, 0.15) is 19.3 Å². The Kier molecular flexibility index (Phi) is 4.93. The van der Waals surface area contributed by atoms with E-state index >= 15 is 0 Å². The average Bonchev–Trinajstić information content (AvgIpc) is 2.52. The molecular weight excluding hydrogens is 182 g/mol. The number of aryl methyl sites for hydroxylation is 1. The van der Waals surface area contributed by atoms with Crippen molar-refractivity contribution in [2.24, 2.45) is 12.8 Å². The molecule has 0 fully saturated rings. The molecule has 0 atom stereocenters. The first kappa shape index (κ1) is 10.6. The van der Waals surface area contributed by atoms with Gasteiger partial charge in [0.25, 0.3) is 0 Å². The van der Waals surface area contributed by atoms with Gasteiger partial charge in [-0.3, -0.25) is 0 Å². The summed E-state index contributed by atoms with van der Waals surface area (Å²) in [4.78, 5) is 4.23. The molecule has 3 nitrogen and oxygen atoms in total. The number of imidazole rings is 1. The van der Waals surface area contributed by atoms with Gasteiger partial charge >= 0.3 is 0 Å². The smallest absolute Gasteiger partial charge is 0.167 e. The normalized spacial score (nSPS) is 10.6. The lowest BCUT2D eigenvalue weighted by atomic mass is 10.2. The van der Waals surface area contributed by atoms with E-state index in [1.807, 2.05) is 35.8 Å². The van der Waals surface area contributed by atoms with Gasteiger partial charge < -0.3 is 10.3 Å². The SMILES string of the molecule is Cn1ccnc1SCCCCCN. The first-order valence-corrected chi connectivity index (χ1v) is 5.63. The summed E-state index contributed by atoms with van der Waals surface area (Å²) in [5, 5.41) is 1.10. The number of nitrogens with zero attached hydrogens (tertiary/aromatic N) is 2. The molecule has 0 amide bonds. The van der Waals surface area contributed by atoms with Crippen LogP contribution < -0.4 is 5.73 Å². The second kappa shape index (κ2) is 6.05. The van der Waals surface area contributed by atoms with E-state index < -0.39 is 0 Å². The molecule has 0 saturated heterocycles. The summed E-state index contributed by atoms with van der Waals surface area (Å²) in [6, 6.07) is 0. The highest BCUT2D eigenvalue weighted by atomic mass is 32.2. The minimum atomic E-state index is 0.813. The topological polar surface area (TPSA) is 43.8 Å². The summed E-state index contributed by atoms with van der Waals surface area (Å²) in [5.74, 6) is 1.14. The lowest BCUT2D eigenvalue weighted by Gasteiger charge is -2.00. The summed E-state index contributed by atoms with van der Waals surface area (Å²) in [7, 11) is 2.02. The van der Waals surface area contributed by atoms with Gasteiger partial charge in [-0.05, 0) is 19.4 Å². The molecule has 0 spiro atoms. The maximum absolute atomic E-state index is 5.41. The Balaban J connectivity index is 2.10. The summed E-state index contributed by atoms with van der Waals surface area (Å²) in [6.45, 7) is 0.813. The minimum absolute atomic E-state index is 0.813. The van der Waals surface area contributed by atoms with E-state index in [4.69, 9.17) is 5.73 Å². The average molecular weight is 199 g/mol. The van der Waals surface area contributed by atoms with Crippen molar-refractivity contribution in [2.75, 3.05) is 12.3 Å². The van der Waals surface area contributed by atoms with Crippen LogP contribution in [0.25, 0.3) is 0 Å². The van der Waals surface area contributed by atoms with E-state index in [2.05, 4.69) is 4.98 Å². The fraction of sp³-hybridized carbons (Fsp3) is 0.667. The maximum Gasteiger partial charge on any atom is 0.167 e. The van der Waals surface area contributed by atoms with Crippen molar-refractivity contribution in [1.82, 2.24) is 9.55 Å². The number of nitrogens with two attached hydrogens (primary N) is 1. The Morgan fingerprint density at radius 1 is 1.46 bits per heavy atom. The summed E-state index contributed by atoms with van der Waals surface area (Å²) in [5.41, 5.74) is 5.41. The van der Waals surface area contributed by atoms with Crippen LogP contribution in [-0.2, 0) is 7.05 Å². The highest BCUT2D eigenvalue weighted by molar-refractivity contribution is 7.99. The molecule has 1 rings (SSSR count). The van der Waals surface area contributed by atoms with Crippen molar-refractivity contribution >= 4 is 11.8 Å². The van der Waals surface area contributed by atoms with E-state index in [0.29, 0.717) is 0 Å². The molecule has 1 aromatic rings.